The van der Waals surface area contributed by atoms with Crippen molar-refractivity contribution in [2.24, 2.45) is 4.99 Å². The van der Waals surface area contributed by atoms with E-state index in [4.69, 9.17) is 14.5 Å². The maximum atomic E-state index is 6.03. The third-order valence-corrected chi connectivity index (χ3v) is 6.00. The van der Waals surface area contributed by atoms with Gasteiger partial charge in [0.2, 0.25) is 5.96 Å². The van der Waals surface area contributed by atoms with Gasteiger partial charge in [-0.3, -0.25) is 9.88 Å². The number of anilines is 1. The van der Waals surface area contributed by atoms with Gasteiger partial charge in [-0.15, -0.1) is 0 Å². The first-order chi connectivity index (χ1) is 16.1. The molecule has 0 spiro atoms. The van der Waals surface area contributed by atoms with E-state index in [-0.39, 0.29) is 12.2 Å². The third-order valence-electron chi connectivity index (χ3n) is 6.00. The normalized spacial score (nSPS) is 20.0. The van der Waals surface area contributed by atoms with E-state index in [9.17, 15) is 0 Å². The summed E-state index contributed by atoms with van der Waals surface area (Å²) >= 11 is 0. The first kappa shape index (κ1) is 21.0. The lowest BCUT2D eigenvalue weighted by Crippen LogP contribution is -2.47. The second kappa shape index (κ2) is 8.96. The zero-order chi connectivity index (χ0) is 22.8. The quantitative estimate of drug-likeness (QED) is 0.629. The Morgan fingerprint density at radius 1 is 1.12 bits per heavy atom. The van der Waals surface area contributed by atoms with Gasteiger partial charge in [0.15, 0.2) is 11.9 Å². The van der Waals surface area contributed by atoms with Crippen molar-refractivity contribution in [1.82, 2.24) is 15.2 Å². The number of rotatable bonds is 4. The van der Waals surface area contributed by atoms with Gasteiger partial charge in [-0.2, -0.15) is 0 Å². The van der Waals surface area contributed by atoms with E-state index >= 15 is 0 Å². The number of aromatic nitrogens is 1. The highest BCUT2D eigenvalue weighted by Crippen LogP contribution is 2.34. The van der Waals surface area contributed by atoms with Gasteiger partial charge in [0, 0.05) is 35.4 Å². The van der Waals surface area contributed by atoms with Crippen LogP contribution in [0.5, 0.6) is 5.75 Å². The van der Waals surface area contributed by atoms with Crippen molar-refractivity contribution in [3.8, 4) is 16.9 Å². The molecule has 0 radical (unpaired) electrons. The molecular weight excluding hydrogens is 414 g/mol. The molecule has 0 saturated carbocycles. The van der Waals surface area contributed by atoms with Crippen molar-refractivity contribution in [3.63, 3.8) is 0 Å². The molecule has 1 saturated heterocycles. The number of fused-ring (bicyclic) bond motifs is 1. The highest BCUT2D eigenvalue weighted by atomic mass is 16.5. The summed E-state index contributed by atoms with van der Waals surface area (Å²) in [7, 11) is 3.76. The molecule has 0 aliphatic carbocycles. The molecule has 5 rings (SSSR count). The second-order valence-corrected chi connectivity index (χ2v) is 8.17. The molecule has 2 aromatic carbocycles. The summed E-state index contributed by atoms with van der Waals surface area (Å²) in [4.78, 5) is 11.4. The van der Waals surface area contributed by atoms with Gasteiger partial charge in [-0.25, -0.2) is 4.99 Å². The molecule has 0 bridgehead atoms. The van der Waals surface area contributed by atoms with Gasteiger partial charge in [0.1, 0.15) is 12.4 Å². The average molecular weight is 442 g/mol. The molecule has 168 valence electrons. The number of pyridine rings is 1. The van der Waals surface area contributed by atoms with Crippen LogP contribution in [-0.2, 0) is 4.74 Å². The van der Waals surface area contributed by atoms with Gasteiger partial charge >= 0.3 is 0 Å². The number of aryl methyl sites for hydroxylation is 1. The summed E-state index contributed by atoms with van der Waals surface area (Å²) < 4.78 is 11.7. The van der Waals surface area contributed by atoms with E-state index in [1.807, 2.05) is 55.7 Å². The van der Waals surface area contributed by atoms with Gasteiger partial charge in [0.25, 0.3) is 0 Å². The Balaban J connectivity index is 1.36. The van der Waals surface area contributed by atoms with E-state index in [1.54, 1.807) is 7.11 Å². The van der Waals surface area contributed by atoms with Crippen LogP contribution in [0.25, 0.3) is 11.1 Å². The molecule has 1 unspecified atom stereocenters. The highest BCUT2D eigenvalue weighted by Gasteiger charge is 2.35. The number of guanidine groups is 1. The van der Waals surface area contributed by atoms with E-state index in [0.717, 1.165) is 34.0 Å². The van der Waals surface area contributed by atoms with Crippen molar-refractivity contribution in [3.05, 3.63) is 90.1 Å². The fourth-order valence-electron chi connectivity index (χ4n) is 4.24. The Kier molecular flexibility index (Phi) is 5.71. The summed E-state index contributed by atoms with van der Waals surface area (Å²) in [6.07, 6.45) is 3.49. The number of likely N-dealkylation sites (N-methyl/N-ethyl adjacent to an activating group) is 1. The molecule has 7 nitrogen and oxygen atoms in total. The Bertz CT molecular complexity index is 1210. The van der Waals surface area contributed by atoms with Crippen LogP contribution in [0.3, 0.4) is 0 Å². The maximum absolute atomic E-state index is 6.03. The lowest BCUT2D eigenvalue weighted by molar-refractivity contribution is 0.0154. The van der Waals surface area contributed by atoms with Crippen molar-refractivity contribution in [2.75, 3.05) is 26.1 Å². The fraction of sp³-hybridized carbons (Fsp3) is 0.231. The predicted octanol–water partition coefficient (Wildman–Crippen LogP) is 4.31. The molecule has 33 heavy (non-hydrogen) atoms. The summed E-state index contributed by atoms with van der Waals surface area (Å²) in [6.45, 7) is 2.57. The first-order valence-corrected chi connectivity index (χ1v) is 10.9. The average Bonchev–Trinajstić information content (AvgIpc) is 2.85. The SMILES string of the molecule is COc1cc(NC2=NC3C(=CN2)OC[C@@H](c2ccccc2)N3C)ccc1-c1ccnc(C)c1. The summed E-state index contributed by atoms with van der Waals surface area (Å²) in [6, 6.07) is 20.6. The zero-order valence-electron chi connectivity index (χ0n) is 18.9. The van der Waals surface area contributed by atoms with Gasteiger partial charge in [-0.1, -0.05) is 30.3 Å². The maximum Gasteiger partial charge on any atom is 0.202 e. The molecule has 1 fully saturated rings. The van der Waals surface area contributed by atoms with Crippen LogP contribution >= 0.6 is 0 Å². The Morgan fingerprint density at radius 2 is 1.97 bits per heavy atom. The van der Waals surface area contributed by atoms with Crippen molar-refractivity contribution in [2.45, 2.75) is 19.1 Å². The lowest BCUT2D eigenvalue weighted by atomic mass is 10.0. The molecule has 3 heterocycles. The van der Waals surface area contributed by atoms with Crippen LogP contribution < -0.4 is 15.4 Å². The van der Waals surface area contributed by atoms with Crippen LogP contribution in [0.4, 0.5) is 5.69 Å². The van der Waals surface area contributed by atoms with E-state index in [1.165, 1.54) is 5.56 Å². The zero-order valence-corrected chi connectivity index (χ0v) is 18.9. The third kappa shape index (κ3) is 4.27. The fourth-order valence-corrected chi connectivity index (χ4v) is 4.24. The van der Waals surface area contributed by atoms with Crippen LogP contribution in [0, 0.1) is 6.92 Å². The lowest BCUT2D eigenvalue weighted by Gasteiger charge is -2.40. The number of benzene rings is 2. The van der Waals surface area contributed by atoms with E-state index in [0.29, 0.717) is 12.6 Å². The molecule has 3 aromatic rings. The number of aliphatic imine (C=N–C) groups is 1. The molecule has 1 aromatic heterocycles. The number of methoxy groups -OCH3 is 1. The Hall–Kier alpha value is -3.84. The van der Waals surface area contributed by atoms with Gasteiger partial charge in [0.05, 0.1) is 13.2 Å². The predicted molar refractivity (Wildman–Crippen MR) is 130 cm³/mol. The molecule has 2 aliphatic rings. The minimum Gasteiger partial charge on any atom is -0.496 e. The highest BCUT2D eigenvalue weighted by molar-refractivity contribution is 5.95. The summed E-state index contributed by atoms with van der Waals surface area (Å²) in [5.74, 6) is 2.25. The number of morpholine rings is 1. The topological polar surface area (TPSA) is 71.0 Å². The largest absolute Gasteiger partial charge is 0.496 e. The molecule has 0 amide bonds. The molecule has 2 aliphatic heterocycles. The number of hydrogen-bond acceptors (Lipinski definition) is 7. The van der Waals surface area contributed by atoms with Crippen LogP contribution in [-0.4, -0.2) is 42.8 Å². The van der Waals surface area contributed by atoms with Crippen molar-refractivity contribution < 1.29 is 9.47 Å². The van der Waals surface area contributed by atoms with Crippen LogP contribution in [0.2, 0.25) is 0 Å². The number of nitrogens with one attached hydrogen (secondary N) is 2. The number of ether oxygens (including phenoxy) is 2. The molecular formula is C26H27N5O2. The van der Waals surface area contributed by atoms with Crippen LogP contribution in [0.15, 0.2) is 83.8 Å². The minimum atomic E-state index is -0.200. The van der Waals surface area contributed by atoms with Crippen molar-refractivity contribution in [1.29, 1.82) is 0 Å². The van der Waals surface area contributed by atoms with Gasteiger partial charge < -0.3 is 20.1 Å². The minimum absolute atomic E-state index is 0.139. The smallest absolute Gasteiger partial charge is 0.202 e. The molecule has 7 heteroatoms. The number of nitrogens with zero attached hydrogens (tertiary/aromatic N) is 3. The van der Waals surface area contributed by atoms with Crippen molar-refractivity contribution >= 4 is 11.6 Å². The van der Waals surface area contributed by atoms with Crippen LogP contribution in [0.1, 0.15) is 17.3 Å². The Labute approximate surface area is 193 Å². The summed E-state index contributed by atoms with van der Waals surface area (Å²) in [5.41, 5.74) is 5.14. The van der Waals surface area contributed by atoms with E-state index in [2.05, 4.69) is 51.8 Å². The van der Waals surface area contributed by atoms with E-state index < -0.39 is 0 Å². The Morgan fingerprint density at radius 3 is 2.76 bits per heavy atom. The number of hydrogen-bond donors (Lipinski definition) is 2. The molecule has 2 N–H and O–H groups in total. The second-order valence-electron chi connectivity index (χ2n) is 8.17. The standard InChI is InChI=1S/C26H27N5O2/c1-17-13-19(11-12-27-17)21-10-9-20(14-23(21)32-3)29-26-28-15-24-25(30-26)31(2)22(16-33-24)18-7-5-4-6-8-18/h4-15,22,25H,16H2,1-3H3,(H2,28,29,30)/t22-,25?/m0/s1. The molecule has 2 atom stereocenters. The summed E-state index contributed by atoms with van der Waals surface area (Å²) in [5, 5.41) is 6.58. The monoisotopic (exact) mass is 441 g/mol. The van der Waals surface area contributed by atoms with Gasteiger partial charge in [-0.05, 0) is 49.4 Å². The first-order valence-electron chi connectivity index (χ1n) is 10.9.